The molecule has 8 nitrogen and oxygen atoms in total. The van der Waals surface area contributed by atoms with Crippen LogP contribution in [0.2, 0.25) is 5.02 Å². The molecular weight excluding hydrogens is 408 g/mol. The molecule has 0 saturated carbocycles. The van der Waals surface area contributed by atoms with Gasteiger partial charge in [0.25, 0.3) is 5.91 Å². The van der Waals surface area contributed by atoms with Crippen LogP contribution in [0.5, 0.6) is 5.75 Å². The highest BCUT2D eigenvalue weighted by Crippen LogP contribution is 2.22. The van der Waals surface area contributed by atoms with E-state index in [2.05, 4.69) is 10.0 Å². The first-order chi connectivity index (χ1) is 13.2. The fraction of sp³-hybridized carbons (Fsp3) is 0.222. The van der Waals surface area contributed by atoms with Crippen molar-refractivity contribution in [3.63, 3.8) is 0 Å². The molecule has 0 heterocycles. The summed E-state index contributed by atoms with van der Waals surface area (Å²) in [5.74, 6) is -0.913. The van der Waals surface area contributed by atoms with E-state index < -0.39 is 21.9 Å². The summed E-state index contributed by atoms with van der Waals surface area (Å²) < 4.78 is 31.4. The van der Waals surface area contributed by atoms with Gasteiger partial charge in [0, 0.05) is 12.1 Å². The minimum absolute atomic E-state index is 0.0204. The number of hydrogen-bond acceptors (Lipinski definition) is 5. The maximum atomic E-state index is 12.5. The molecule has 150 valence electrons. The van der Waals surface area contributed by atoms with Crippen LogP contribution in [0.3, 0.4) is 0 Å². The fourth-order valence-electron chi connectivity index (χ4n) is 2.21. The molecule has 0 aliphatic heterocycles. The van der Waals surface area contributed by atoms with Crippen molar-refractivity contribution in [3.05, 3.63) is 53.1 Å². The summed E-state index contributed by atoms with van der Waals surface area (Å²) in [6.45, 7) is 0.264. The van der Waals surface area contributed by atoms with Gasteiger partial charge in [-0.2, -0.15) is 0 Å². The molecule has 2 aromatic carbocycles. The first-order valence-electron chi connectivity index (χ1n) is 8.22. The van der Waals surface area contributed by atoms with Crippen molar-refractivity contribution in [2.75, 3.05) is 19.0 Å². The average molecular weight is 427 g/mol. The molecule has 0 aliphatic rings. The molecule has 0 bridgehead atoms. The van der Waals surface area contributed by atoms with Gasteiger partial charge in [0.1, 0.15) is 5.75 Å². The maximum Gasteiger partial charge on any atom is 0.303 e. The summed E-state index contributed by atoms with van der Waals surface area (Å²) in [6.07, 6.45) is 0.412. The van der Waals surface area contributed by atoms with E-state index in [0.717, 1.165) is 0 Å². The van der Waals surface area contributed by atoms with Crippen molar-refractivity contribution in [1.29, 1.82) is 0 Å². The van der Waals surface area contributed by atoms with Gasteiger partial charge in [-0.05, 0) is 55.9 Å². The van der Waals surface area contributed by atoms with Crippen LogP contribution in [-0.4, -0.2) is 39.1 Å². The third-order valence-corrected chi connectivity index (χ3v) is 5.42. The third kappa shape index (κ3) is 5.95. The number of hydrogen-bond donors (Lipinski definition) is 3. The lowest BCUT2D eigenvalue weighted by Crippen LogP contribution is -2.20. The number of halogens is 1. The van der Waals surface area contributed by atoms with Gasteiger partial charge in [-0.25, -0.2) is 13.1 Å². The van der Waals surface area contributed by atoms with Crippen LogP contribution in [0.15, 0.2) is 47.4 Å². The van der Waals surface area contributed by atoms with Crippen LogP contribution >= 0.6 is 11.6 Å². The molecule has 10 heteroatoms. The molecule has 0 unspecified atom stereocenters. The minimum Gasteiger partial charge on any atom is -0.494 e. The van der Waals surface area contributed by atoms with Gasteiger partial charge < -0.3 is 15.2 Å². The third-order valence-electron chi connectivity index (χ3n) is 3.68. The Labute approximate surface area is 167 Å². The normalized spacial score (nSPS) is 11.1. The summed E-state index contributed by atoms with van der Waals surface area (Å²) in [5, 5.41) is 11.3. The minimum atomic E-state index is -3.71. The predicted molar refractivity (Wildman–Crippen MR) is 104 cm³/mol. The molecule has 0 saturated heterocycles. The SMILES string of the molecule is CNS(=O)(=O)c1ccc(Cl)c(C(=O)Nc2ccc(OCCCC(=O)O)cc2)c1. The summed E-state index contributed by atoms with van der Waals surface area (Å²) in [7, 11) is -2.44. The summed E-state index contributed by atoms with van der Waals surface area (Å²) in [6, 6.07) is 10.3. The summed E-state index contributed by atoms with van der Waals surface area (Å²) in [5.41, 5.74) is 0.479. The quantitative estimate of drug-likeness (QED) is 0.530. The number of carboxylic acid groups (broad SMARTS) is 1. The zero-order chi connectivity index (χ0) is 20.7. The van der Waals surface area contributed by atoms with Crippen LogP contribution in [0, 0.1) is 0 Å². The first-order valence-corrected chi connectivity index (χ1v) is 10.1. The molecule has 0 spiro atoms. The smallest absolute Gasteiger partial charge is 0.303 e. The van der Waals surface area contributed by atoms with E-state index >= 15 is 0 Å². The van der Waals surface area contributed by atoms with Crippen molar-refractivity contribution in [2.24, 2.45) is 0 Å². The number of carbonyl (C=O) groups is 2. The maximum absolute atomic E-state index is 12.5. The van der Waals surface area contributed by atoms with Gasteiger partial charge in [0.15, 0.2) is 0 Å². The molecular formula is C18H19ClN2O6S. The van der Waals surface area contributed by atoms with E-state index in [-0.39, 0.29) is 28.5 Å². The molecule has 28 heavy (non-hydrogen) atoms. The lowest BCUT2D eigenvalue weighted by atomic mass is 10.2. The lowest BCUT2D eigenvalue weighted by molar-refractivity contribution is -0.137. The van der Waals surface area contributed by atoms with Crippen molar-refractivity contribution in [2.45, 2.75) is 17.7 Å². The van der Waals surface area contributed by atoms with E-state index in [1.165, 1.54) is 25.2 Å². The fourth-order valence-corrected chi connectivity index (χ4v) is 3.17. The van der Waals surface area contributed by atoms with Crippen LogP contribution in [-0.2, 0) is 14.8 Å². The van der Waals surface area contributed by atoms with Crippen LogP contribution in [0.1, 0.15) is 23.2 Å². The number of carboxylic acids is 1. The van der Waals surface area contributed by atoms with Crippen molar-refractivity contribution < 1.29 is 27.9 Å². The van der Waals surface area contributed by atoms with E-state index in [1.807, 2.05) is 0 Å². The van der Waals surface area contributed by atoms with Crippen molar-refractivity contribution in [1.82, 2.24) is 4.72 Å². The Balaban J connectivity index is 2.05. The first kappa shape index (κ1) is 21.7. The van der Waals surface area contributed by atoms with Crippen molar-refractivity contribution >= 4 is 39.2 Å². The number of anilines is 1. The molecule has 1 amide bonds. The van der Waals surface area contributed by atoms with E-state index in [1.54, 1.807) is 24.3 Å². The topological polar surface area (TPSA) is 122 Å². The largest absolute Gasteiger partial charge is 0.494 e. The van der Waals surface area contributed by atoms with E-state index in [9.17, 15) is 18.0 Å². The predicted octanol–water partition coefficient (Wildman–Crippen LogP) is 2.74. The zero-order valence-corrected chi connectivity index (χ0v) is 16.5. The zero-order valence-electron chi connectivity index (χ0n) is 14.9. The van der Waals surface area contributed by atoms with E-state index in [0.29, 0.717) is 17.9 Å². The Morgan fingerprint density at radius 2 is 1.82 bits per heavy atom. The number of aliphatic carboxylic acids is 1. The van der Waals surface area contributed by atoms with Gasteiger partial charge in [-0.3, -0.25) is 9.59 Å². The van der Waals surface area contributed by atoms with Crippen molar-refractivity contribution in [3.8, 4) is 5.75 Å². The van der Waals surface area contributed by atoms with Crippen LogP contribution in [0.25, 0.3) is 0 Å². The van der Waals surface area contributed by atoms with Gasteiger partial charge in [0.05, 0.1) is 22.1 Å². The number of amides is 1. The van der Waals surface area contributed by atoms with Gasteiger partial charge in [-0.15, -0.1) is 0 Å². The Bertz CT molecular complexity index is 961. The second kappa shape index (κ2) is 9.54. The van der Waals surface area contributed by atoms with Gasteiger partial charge in [0.2, 0.25) is 10.0 Å². The highest BCUT2D eigenvalue weighted by Gasteiger charge is 2.17. The number of nitrogens with one attached hydrogen (secondary N) is 2. The molecule has 0 aromatic heterocycles. The molecule has 3 N–H and O–H groups in total. The summed E-state index contributed by atoms with van der Waals surface area (Å²) in [4.78, 5) is 22.8. The Morgan fingerprint density at radius 1 is 1.14 bits per heavy atom. The molecule has 0 radical (unpaired) electrons. The second-order valence-corrected chi connectivity index (χ2v) is 7.97. The molecule has 2 rings (SSSR count). The summed E-state index contributed by atoms with van der Waals surface area (Å²) >= 11 is 6.03. The molecule has 2 aromatic rings. The lowest BCUT2D eigenvalue weighted by Gasteiger charge is -2.10. The average Bonchev–Trinajstić information content (AvgIpc) is 2.66. The van der Waals surface area contributed by atoms with Crippen LogP contribution < -0.4 is 14.8 Å². The monoisotopic (exact) mass is 426 g/mol. The highest BCUT2D eigenvalue weighted by atomic mass is 35.5. The van der Waals surface area contributed by atoms with E-state index in [4.69, 9.17) is 21.4 Å². The highest BCUT2D eigenvalue weighted by molar-refractivity contribution is 7.89. The van der Waals surface area contributed by atoms with Gasteiger partial charge in [-0.1, -0.05) is 11.6 Å². The molecule has 0 atom stereocenters. The Morgan fingerprint density at radius 3 is 2.43 bits per heavy atom. The molecule has 0 aliphatic carbocycles. The number of rotatable bonds is 9. The standard InChI is InChI=1S/C18H19ClN2O6S/c1-20-28(25,26)14-8-9-16(19)15(11-14)18(24)21-12-4-6-13(7-5-12)27-10-2-3-17(22)23/h4-9,11,20H,2-3,10H2,1H3,(H,21,24)(H,22,23). The number of sulfonamides is 1. The number of ether oxygens (including phenoxy) is 1. The molecule has 0 fully saturated rings. The van der Waals surface area contributed by atoms with Gasteiger partial charge >= 0.3 is 5.97 Å². The number of carbonyl (C=O) groups excluding carboxylic acids is 1. The van der Waals surface area contributed by atoms with Crippen LogP contribution in [0.4, 0.5) is 5.69 Å². The second-order valence-electron chi connectivity index (χ2n) is 5.67. The number of benzene rings is 2. The Kier molecular flexibility index (Phi) is 7.38. The Hall–Kier alpha value is -2.62.